The average Bonchev–Trinajstić information content (AvgIpc) is 2.03. The van der Waals surface area contributed by atoms with E-state index in [0.717, 1.165) is 0 Å². The van der Waals surface area contributed by atoms with Gasteiger partial charge in [-0.25, -0.2) is 4.79 Å². The van der Waals surface area contributed by atoms with Crippen molar-refractivity contribution in [3.8, 4) is 0 Å². The summed E-state index contributed by atoms with van der Waals surface area (Å²) < 4.78 is 4.88. The summed E-state index contributed by atoms with van der Waals surface area (Å²) in [5.41, 5.74) is 0.131. The van der Waals surface area contributed by atoms with Crippen molar-refractivity contribution in [2.45, 2.75) is 6.42 Å². The van der Waals surface area contributed by atoms with Crippen molar-refractivity contribution >= 4 is 23.1 Å². The minimum absolute atomic E-state index is 0.131. The molecule has 3 nitrogen and oxygen atoms in total. The highest BCUT2D eigenvalue weighted by atomic mass is 32.1. The van der Waals surface area contributed by atoms with Gasteiger partial charge in [-0.3, -0.25) is 0 Å². The molecule has 0 heterocycles. The molecule has 4 heteroatoms. The summed E-state index contributed by atoms with van der Waals surface area (Å²) in [6.07, 6.45) is 4.36. The number of hydrogen-bond donors (Lipinski definition) is 1. The van der Waals surface area contributed by atoms with Gasteiger partial charge < -0.3 is 9.84 Å². The second kappa shape index (κ2) is 3.49. The molecule has 0 saturated heterocycles. The van der Waals surface area contributed by atoms with Gasteiger partial charge in [-0.15, -0.1) is 0 Å². The van der Waals surface area contributed by atoms with Crippen LogP contribution in [0.15, 0.2) is 17.4 Å². The molecule has 1 aliphatic rings. The predicted octanol–water partition coefficient (Wildman–Crippen LogP) is 1.10. The fourth-order valence-electron chi connectivity index (χ4n) is 0.888. The maximum Gasteiger partial charge on any atom is 0.339 e. The number of allylic oxidation sites excluding steroid dienone is 2. The van der Waals surface area contributed by atoms with E-state index < -0.39 is 5.97 Å². The zero-order valence-corrected chi connectivity index (χ0v) is 7.27. The van der Waals surface area contributed by atoms with Crippen LogP contribution in [0.1, 0.15) is 6.42 Å². The van der Waals surface area contributed by atoms with E-state index in [9.17, 15) is 4.79 Å². The highest BCUT2D eigenvalue weighted by molar-refractivity contribution is 7.80. The van der Waals surface area contributed by atoms with Gasteiger partial charge in [0.15, 0.2) is 0 Å². The molecule has 1 rings (SSSR count). The number of rotatable bonds is 2. The molecule has 1 radical (unpaired) electrons. The molecule has 0 aromatic rings. The maximum atomic E-state index is 10.6. The number of methoxy groups -OCH3 is 1. The van der Waals surface area contributed by atoms with Crippen molar-refractivity contribution in [1.29, 1.82) is 0 Å². The van der Waals surface area contributed by atoms with Crippen molar-refractivity contribution < 1.29 is 14.6 Å². The summed E-state index contributed by atoms with van der Waals surface area (Å²) in [6.45, 7) is 0. The maximum absolute atomic E-state index is 10.6. The fraction of sp³-hybridized carbons (Fsp3) is 0.250. The average molecular weight is 183 g/mol. The van der Waals surface area contributed by atoms with Crippen LogP contribution in [-0.2, 0) is 9.53 Å². The van der Waals surface area contributed by atoms with Crippen LogP contribution >= 0.6 is 12.2 Å². The van der Waals surface area contributed by atoms with Crippen molar-refractivity contribution in [3.05, 3.63) is 23.5 Å². The molecule has 0 atom stereocenters. The Labute approximate surface area is 75.3 Å². The van der Waals surface area contributed by atoms with E-state index in [4.69, 9.17) is 22.1 Å². The largest absolute Gasteiger partial charge is 0.500 e. The van der Waals surface area contributed by atoms with Gasteiger partial charge >= 0.3 is 5.97 Å². The lowest BCUT2D eigenvalue weighted by Gasteiger charge is -2.11. The normalized spacial score (nSPS) is 16.6. The van der Waals surface area contributed by atoms with Crippen molar-refractivity contribution in [3.63, 3.8) is 0 Å². The summed E-state index contributed by atoms with van der Waals surface area (Å²) in [7, 11) is 1.43. The Morgan fingerprint density at radius 2 is 2.50 bits per heavy atom. The highest BCUT2D eigenvalue weighted by Gasteiger charge is 2.17. The van der Waals surface area contributed by atoms with Gasteiger partial charge in [-0.05, 0) is 12.2 Å². The van der Waals surface area contributed by atoms with Crippen molar-refractivity contribution in [2.75, 3.05) is 7.11 Å². The van der Waals surface area contributed by atoms with E-state index in [2.05, 4.69) is 6.08 Å². The number of aliphatic carboxylic acids is 1. The Bertz CT molecular complexity index is 289. The van der Waals surface area contributed by atoms with Crippen molar-refractivity contribution in [2.24, 2.45) is 0 Å². The number of carbonyl (C=O) groups is 1. The topological polar surface area (TPSA) is 46.5 Å². The van der Waals surface area contributed by atoms with Crippen LogP contribution in [0, 0.1) is 6.08 Å². The minimum Gasteiger partial charge on any atom is -0.500 e. The molecule has 0 bridgehead atoms. The monoisotopic (exact) mass is 183 g/mol. The summed E-state index contributed by atoms with van der Waals surface area (Å²) in [4.78, 5) is 11.1. The Kier molecular flexibility index (Phi) is 2.60. The molecule has 0 aromatic carbocycles. The number of carboxylic acid groups (broad SMARTS) is 1. The molecular formula is C8H7O3S. The number of carboxylic acids is 1. The van der Waals surface area contributed by atoms with E-state index in [-0.39, 0.29) is 5.57 Å². The molecule has 63 valence electrons. The smallest absolute Gasteiger partial charge is 0.339 e. The van der Waals surface area contributed by atoms with Crippen LogP contribution in [-0.4, -0.2) is 23.1 Å². The Hall–Kier alpha value is -1.16. The molecule has 0 aliphatic heterocycles. The van der Waals surface area contributed by atoms with Gasteiger partial charge in [0.1, 0.15) is 5.76 Å². The second-order valence-corrected chi connectivity index (χ2v) is 2.73. The molecule has 1 aliphatic carbocycles. The predicted molar refractivity (Wildman–Crippen MR) is 46.7 cm³/mol. The molecule has 0 aromatic heterocycles. The first-order valence-corrected chi connectivity index (χ1v) is 3.69. The van der Waals surface area contributed by atoms with E-state index in [1.165, 1.54) is 13.2 Å². The van der Waals surface area contributed by atoms with E-state index in [1.54, 1.807) is 0 Å². The van der Waals surface area contributed by atoms with E-state index in [0.29, 0.717) is 17.0 Å². The third kappa shape index (κ3) is 1.71. The fourth-order valence-corrected chi connectivity index (χ4v) is 1.08. The van der Waals surface area contributed by atoms with Crippen molar-refractivity contribution in [1.82, 2.24) is 0 Å². The molecule has 0 unspecified atom stereocenters. The lowest BCUT2D eigenvalue weighted by Crippen LogP contribution is -2.10. The van der Waals surface area contributed by atoms with Crippen LogP contribution in [0.3, 0.4) is 0 Å². The third-order valence-corrected chi connectivity index (χ3v) is 1.74. The molecular weight excluding hydrogens is 176 g/mol. The summed E-state index contributed by atoms with van der Waals surface area (Å²) in [5.74, 6) is -0.617. The second-order valence-electron chi connectivity index (χ2n) is 2.23. The zero-order chi connectivity index (χ0) is 9.14. The van der Waals surface area contributed by atoms with Gasteiger partial charge in [-0.2, -0.15) is 0 Å². The lowest BCUT2D eigenvalue weighted by molar-refractivity contribution is -0.132. The van der Waals surface area contributed by atoms with Crippen LogP contribution < -0.4 is 0 Å². The van der Waals surface area contributed by atoms with E-state index >= 15 is 0 Å². The third-order valence-electron chi connectivity index (χ3n) is 1.48. The summed E-state index contributed by atoms with van der Waals surface area (Å²) in [5, 5.41) is 8.67. The quantitative estimate of drug-likeness (QED) is 0.651. The Morgan fingerprint density at radius 3 is 3.00 bits per heavy atom. The van der Waals surface area contributed by atoms with Crippen LogP contribution in [0.2, 0.25) is 0 Å². The molecule has 12 heavy (non-hydrogen) atoms. The van der Waals surface area contributed by atoms with Crippen LogP contribution in [0.5, 0.6) is 0 Å². The number of thiocarbonyl (C=S) groups is 1. The first kappa shape index (κ1) is 8.93. The standard InChI is InChI=1S/C8H7O3S/c1-11-7-4-5(12)2-3-6(7)8(9)10/h3H,4H2,1H3,(H,9,10). The van der Waals surface area contributed by atoms with E-state index in [1.807, 2.05) is 0 Å². The van der Waals surface area contributed by atoms with Gasteiger partial charge in [0.2, 0.25) is 0 Å². The minimum atomic E-state index is -1.01. The first-order valence-electron chi connectivity index (χ1n) is 3.28. The Balaban J connectivity index is 3.00. The lowest BCUT2D eigenvalue weighted by atomic mass is 10.1. The van der Waals surface area contributed by atoms with Crippen LogP contribution in [0.4, 0.5) is 0 Å². The summed E-state index contributed by atoms with van der Waals surface area (Å²) in [6, 6.07) is 0. The zero-order valence-electron chi connectivity index (χ0n) is 6.46. The van der Waals surface area contributed by atoms with Crippen LogP contribution in [0.25, 0.3) is 0 Å². The highest BCUT2D eigenvalue weighted by Crippen LogP contribution is 2.17. The van der Waals surface area contributed by atoms with Gasteiger partial charge in [0.25, 0.3) is 0 Å². The number of hydrogen-bond acceptors (Lipinski definition) is 3. The molecule has 0 spiro atoms. The molecule has 0 fully saturated rings. The molecule has 0 amide bonds. The van der Waals surface area contributed by atoms with Gasteiger partial charge in [0, 0.05) is 11.3 Å². The van der Waals surface area contributed by atoms with Gasteiger partial charge in [-0.1, -0.05) is 12.2 Å². The van der Waals surface area contributed by atoms with Gasteiger partial charge in [0.05, 0.1) is 12.7 Å². The SMILES string of the molecule is COC1=C(C(=O)O)C=[C]C(=S)C1. The summed E-state index contributed by atoms with van der Waals surface area (Å²) >= 11 is 4.84. The number of ether oxygens (including phenoxy) is 1. The first-order chi connectivity index (χ1) is 5.65. The molecule has 0 saturated carbocycles. The molecule has 1 N–H and O–H groups in total. The Morgan fingerprint density at radius 1 is 1.83 bits per heavy atom.